The molecule has 2 aliphatic carbocycles. The number of alkyl halides is 1. The van der Waals surface area contributed by atoms with Gasteiger partial charge in [0.05, 0.1) is 5.88 Å². The highest BCUT2D eigenvalue weighted by Crippen LogP contribution is 2.53. The van der Waals surface area contributed by atoms with Crippen LogP contribution in [-0.4, -0.2) is 12.5 Å². The summed E-state index contributed by atoms with van der Waals surface area (Å²) in [6.07, 6.45) is 9.19. The summed E-state index contributed by atoms with van der Waals surface area (Å²) in [6.45, 7) is 3.05. The van der Waals surface area contributed by atoms with Gasteiger partial charge in [-0.2, -0.15) is 0 Å². The maximum Gasteiger partial charge on any atom is 0.119 e. The van der Waals surface area contributed by atoms with Crippen LogP contribution in [0.15, 0.2) is 30.3 Å². The van der Waals surface area contributed by atoms with E-state index in [4.69, 9.17) is 16.3 Å². The van der Waals surface area contributed by atoms with Gasteiger partial charge in [-0.05, 0) is 60.3 Å². The first kappa shape index (κ1) is 14.0. The van der Waals surface area contributed by atoms with Crippen LogP contribution in [0.4, 0.5) is 0 Å². The first-order valence-corrected chi connectivity index (χ1v) is 8.23. The predicted molar refractivity (Wildman–Crippen MR) is 85.3 cm³/mol. The fourth-order valence-electron chi connectivity index (χ4n) is 3.87. The molecule has 3 rings (SSSR count). The molecule has 0 amide bonds. The molecule has 1 aromatic rings. The summed E-state index contributed by atoms with van der Waals surface area (Å²) in [5.41, 5.74) is 3.42. The Morgan fingerprint density at radius 2 is 2.10 bits per heavy atom. The molecule has 0 bridgehead atoms. The van der Waals surface area contributed by atoms with Gasteiger partial charge in [0.25, 0.3) is 0 Å². The molecule has 2 atom stereocenters. The van der Waals surface area contributed by atoms with Gasteiger partial charge in [0.2, 0.25) is 0 Å². The van der Waals surface area contributed by atoms with Crippen molar-refractivity contribution in [3.63, 3.8) is 0 Å². The van der Waals surface area contributed by atoms with Gasteiger partial charge < -0.3 is 4.74 Å². The Bertz CT molecular complexity index is 491. The van der Waals surface area contributed by atoms with Crippen molar-refractivity contribution in [2.45, 2.75) is 39.0 Å². The summed E-state index contributed by atoms with van der Waals surface area (Å²) in [6, 6.07) is 8.50. The van der Waals surface area contributed by atoms with Crippen LogP contribution in [0.5, 0.6) is 5.75 Å². The third-order valence-corrected chi connectivity index (χ3v) is 5.25. The van der Waals surface area contributed by atoms with Gasteiger partial charge in [0, 0.05) is 0 Å². The Morgan fingerprint density at radius 3 is 2.85 bits per heavy atom. The van der Waals surface area contributed by atoms with Crippen molar-refractivity contribution in [3.05, 3.63) is 35.9 Å². The molecule has 0 aromatic heterocycles. The quantitative estimate of drug-likeness (QED) is 0.685. The standard InChI is InChI=1S/C18H23ClO/c1-18-10-2-3-16(18)7-4-15(13-18)14-5-8-17(9-6-14)20-12-11-19/h4-6,8-9,16H,2-3,7,10-13H2,1H3. The van der Waals surface area contributed by atoms with Crippen LogP contribution in [-0.2, 0) is 0 Å². The molecule has 1 fully saturated rings. The zero-order valence-electron chi connectivity index (χ0n) is 12.2. The minimum Gasteiger partial charge on any atom is -0.492 e. The molecule has 0 radical (unpaired) electrons. The lowest BCUT2D eigenvalue weighted by molar-refractivity contribution is 0.228. The molecular weight excluding hydrogens is 268 g/mol. The lowest BCUT2D eigenvalue weighted by Crippen LogP contribution is -2.24. The minimum atomic E-state index is 0.534. The second kappa shape index (κ2) is 5.81. The second-order valence-electron chi connectivity index (χ2n) is 6.45. The van der Waals surface area contributed by atoms with E-state index in [0.29, 0.717) is 17.9 Å². The molecule has 2 aliphatic rings. The summed E-state index contributed by atoms with van der Waals surface area (Å²) < 4.78 is 5.54. The van der Waals surface area contributed by atoms with Gasteiger partial charge in [-0.25, -0.2) is 0 Å². The van der Waals surface area contributed by atoms with Crippen molar-refractivity contribution in [3.8, 4) is 5.75 Å². The van der Waals surface area contributed by atoms with E-state index < -0.39 is 0 Å². The Hall–Kier alpha value is -0.950. The number of benzene rings is 1. The van der Waals surface area contributed by atoms with E-state index in [0.717, 1.165) is 11.7 Å². The number of allylic oxidation sites excluding steroid dienone is 2. The SMILES string of the molecule is CC12CCCC1CC=C(c1ccc(OCCCl)cc1)C2. The summed E-state index contributed by atoms with van der Waals surface area (Å²) >= 11 is 5.64. The highest BCUT2D eigenvalue weighted by atomic mass is 35.5. The molecule has 2 unspecified atom stereocenters. The van der Waals surface area contributed by atoms with E-state index in [1.165, 1.54) is 43.2 Å². The normalized spacial score (nSPS) is 28.9. The average Bonchev–Trinajstić information content (AvgIpc) is 2.86. The molecule has 0 spiro atoms. The van der Waals surface area contributed by atoms with Crippen molar-refractivity contribution in [2.24, 2.45) is 11.3 Å². The Balaban J connectivity index is 1.73. The van der Waals surface area contributed by atoms with Crippen LogP contribution >= 0.6 is 11.6 Å². The maximum absolute atomic E-state index is 5.64. The van der Waals surface area contributed by atoms with Gasteiger partial charge in [-0.15, -0.1) is 11.6 Å². The third-order valence-electron chi connectivity index (χ3n) is 5.10. The number of hydrogen-bond donors (Lipinski definition) is 0. The lowest BCUT2D eigenvalue weighted by Gasteiger charge is -2.36. The van der Waals surface area contributed by atoms with E-state index in [1.807, 2.05) is 0 Å². The van der Waals surface area contributed by atoms with E-state index in [2.05, 4.69) is 37.3 Å². The van der Waals surface area contributed by atoms with Crippen LogP contribution in [0.25, 0.3) is 5.57 Å². The fraction of sp³-hybridized carbons (Fsp3) is 0.556. The molecule has 2 heteroatoms. The monoisotopic (exact) mass is 290 g/mol. The molecule has 1 aromatic carbocycles. The van der Waals surface area contributed by atoms with Crippen LogP contribution in [0.2, 0.25) is 0 Å². The van der Waals surface area contributed by atoms with Crippen molar-refractivity contribution in [1.82, 2.24) is 0 Å². The van der Waals surface area contributed by atoms with Crippen LogP contribution < -0.4 is 4.74 Å². The maximum atomic E-state index is 5.64. The van der Waals surface area contributed by atoms with Crippen molar-refractivity contribution >= 4 is 17.2 Å². The molecule has 0 N–H and O–H groups in total. The molecule has 0 heterocycles. The first-order valence-electron chi connectivity index (χ1n) is 7.69. The van der Waals surface area contributed by atoms with E-state index in [-0.39, 0.29) is 0 Å². The Labute approximate surface area is 127 Å². The predicted octanol–water partition coefficient (Wildman–Crippen LogP) is 5.29. The van der Waals surface area contributed by atoms with Crippen LogP contribution in [0, 0.1) is 11.3 Å². The second-order valence-corrected chi connectivity index (χ2v) is 6.82. The van der Waals surface area contributed by atoms with E-state index in [1.54, 1.807) is 0 Å². The highest BCUT2D eigenvalue weighted by molar-refractivity contribution is 6.18. The van der Waals surface area contributed by atoms with Gasteiger partial charge >= 0.3 is 0 Å². The summed E-state index contributed by atoms with van der Waals surface area (Å²) in [4.78, 5) is 0. The average molecular weight is 291 g/mol. The van der Waals surface area contributed by atoms with Gasteiger partial charge in [-0.3, -0.25) is 0 Å². The number of rotatable bonds is 4. The van der Waals surface area contributed by atoms with Crippen molar-refractivity contribution in [2.75, 3.05) is 12.5 Å². The van der Waals surface area contributed by atoms with Crippen LogP contribution in [0.1, 0.15) is 44.6 Å². The zero-order chi connectivity index (χ0) is 14.0. The minimum absolute atomic E-state index is 0.534. The Morgan fingerprint density at radius 1 is 1.30 bits per heavy atom. The zero-order valence-corrected chi connectivity index (χ0v) is 13.0. The molecule has 0 saturated heterocycles. The lowest BCUT2D eigenvalue weighted by atomic mass is 9.69. The molecule has 108 valence electrons. The highest BCUT2D eigenvalue weighted by Gasteiger charge is 2.40. The first-order chi connectivity index (χ1) is 9.71. The third kappa shape index (κ3) is 2.74. The largest absolute Gasteiger partial charge is 0.492 e. The number of hydrogen-bond acceptors (Lipinski definition) is 1. The van der Waals surface area contributed by atoms with Crippen LogP contribution in [0.3, 0.4) is 0 Å². The molecule has 0 aliphatic heterocycles. The van der Waals surface area contributed by atoms with Gasteiger partial charge in [-0.1, -0.05) is 31.6 Å². The fourth-order valence-corrected chi connectivity index (χ4v) is 3.95. The molecular formula is C18H23ClO. The Kier molecular flexibility index (Phi) is 4.07. The van der Waals surface area contributed by atoms with E-state index in [9.17, 15) is 0 Å². The summed E-state index contributed by atoms with van der Waals surface area (Å²) in [7, 11) is 0. The summed E-state index contributed by atoms with van der Waals surface area (Å²) in [5, 5.41) is 0. The van der Waals surface area contributed by atoms with Gasteiger partial charge in [0.15, 0.2) is 0 Å². The van der Waals surface area contributed by atoms with E-state index >= 15 is 0 Å². The van der Waals surface area contributed by atoms with Gasteiger partial charge in [0.1, 0.15) is 12.4 Å². The number of halogens is 1. The smallest absolute Gasteiger partial charge is 0.119 e. The molecule has 1 nitrogen and oxygen atoms in total. The molecule has 20 heavy (non-hydrogen) atoms. The summed E-state index contributed by atoms with van der Waals surface area (Å²) in [5.74, 6) is 2.36. The molecule has 1 saturated carbocycles. The number of ether oxygens (including phenoxy) is 1. The van der Waals surface area contributed by atoms with Crippen molar-refractivity contribution in [1.29, 1.82) is 0 Å². The topological polar surface area (TPSA) is 9.23 Å². The van der Waals surface area contributed by atoms with Crippen molar-refractivity contribution < 1.29 is 4.74 Å². The number of fused-ring (bicyclic) bond motifs is 1.